The van der Waals surface area contributed by atoms with Crippen molar-refractivity contribution in [3.63, 3.8) is 0 Å². The third-order valence-corrected chi connectivity index (χ3v) is 6.07. The zero-order chi connectivity index (χ0) is 29.2. The number of nitrogens with one attached hydrogen (secondary N) is 1. The van der Waals surface area contributed by atoms with Crippen LogP contribution in [0, 0.1) is 0 Å². The summed E-state index contributed by atoms with van der Waals surface area (Å²) >= 11 is 0. The van der Waals surface area contributed by atoms with Gasteiger partial charge in [0.1, 0.15) is 12.7 Å². The lowest BCUT2D eigenvalue weighted by Crippen LogP contribution is -2.55. The molecule has 1 aromatic heterocycles. The predicted octanol–water partition coefficient (Wildman–Crippen LogP) is 3.36. The van der Waals surface area contributed by atoms with Crippen molar-refractivity contribution in [3.05, 3.63) is 36.9 Å². The van der Waals surface area contributed by atoms with Crippen molar-refractivity contribution < 1.29 is 46.1 Å². The fourth-order valence-corrected chi connectivity index (χ4v) is 4.17. The molecule has 1 aliphatic carbocycles. The average Bonchev–Trinajstić information content (AvgIpc) is 3.41. The second-order valence-electron chi connectivity index (χ2n) is 8.97. The Morgan fingerprint density at radius 2 is 1.44 bits per heavy atom. The van der Waals surface area contributed by atoms with Gasteiger partial charge in [-0.2, -0.15) is 31.4 Å². The third-order valence-electron chi connectivity index (χ3n) is 6.07. The van der Waals surface area contributed by atoms with Crippen LogP contribution in [0.2, 0.25) is 0 Å². The molecule has 16 heteroatoms. The maximum atomic E-state index is 10.6. The summed E-state index contributed by atoms with van der Waals surface area (Å²) in [5.74, 6) is -5.51. The molecule has 0 bridgehead atoms. The van der Waals surface area contributed by atoms with Crippen molar-refractivity contribution in [2.24, 2.45) is 5.73 Å². The number of anilines is 1. The Kier molecular flexibility index (Phi) is 11.5. The Balaban J connectivity index is 0.000000317. The number of halogens is 6. The number of piperidine rings is 1. The van der Waals surface area contributed by atoms with Crippen LogP contribution in [0.15, 0.2) is 36.9 Å². The number of carboxylic acids is 2. The Morgan fingerprint density at radius 1 is 0.897 bits per heavy atom. The summed E-state index contributed by atoms with van der Waals surface area (Å²) in [7, 11) is 0. The van der Waals surface area contributed by atoms with E-state index in [9.17, 15) is 26.3 Å². The van der Waals surface area contributed by atoms with E-state index in [1.807, 2.05) is 0 Å². The van der Waals surface area contributed by atoms with Crippen molar-refractivity contribution in [1.82, 2.24) is 20.1 Å². The van der Waals surface area contributed by atoms with E-state index in [0.717, 1.165) is 25.2 Å². The fraction of sp³-hybridized carbons (Fsp3) is 0.565. The molecule has 0 radical (unpaired) electrons. The molecule has 4 rings (SSSR count). The summed E-state index contributed by atoms with van der Waals surface area (Å²) in [5.41, 5.74) is 8.64. The van der Waals surface area contributed by atoms with Crippen molar-refractivity contribution in [3.8, 4) is 5.69 Å². The van der Waals surface area contributed by atoms with Gasteiger partial charge in [-0.1, -0.05) is 12.8 Å². The molecule has 2 aliphatic rings. The fourth-order valence-electron chi connectivity index (χ4n) is 4.17. The topological polar surface area (TPSA) is 147 Å². The number of aromatic nitrogens is 3. The number of nitrogens with two attached hydrogens (primary N) is 1. The minimum Gasteiger partial charge on any atom is -0.475 e. The van der Waals surface area contributed by atoms with Crippen LogP contribution in [0.25, 0.3) is 5.69 Å². The number of hydrogen-bond donors (Lipinski definition) is 4. The second kappa shape index (κ2) is 14.1. The van der Waals surface area contributed by atoms with E-state index >= 15 is 0 Å². The van der Waals surface area contributed by atoms with Crippen molar-refractivity contribution in [2.75, 3.05) is 18.0 Å². The SMILES string of the molecule is N[C@@H]1CCCC[C@H]1NC1CCCN(c2ccc(-n3cncn3)cc2)C1.O=C(O)C(F)(F)F.O=C(O)C(F)(F)F. The zero-order valence-corrected chi connectivity index (χ0v) is 20.7. The maximum absolute atomic E-state index is 10.6. The van der Waals surface area contributed by atoms with Crippen molar-refractivity contribution in [1.29, 1.82) is 0 Å². The van der Waals surface area contributed by atoms with Gasteiger partial charge in [0.15, 0.2) is 0 Å². The lowest BCUT2D eigenvalue weighted by atomic mass is 9.89. The molecule has 0 amide bonds. The molecular weight excluding hydrogens is 538 g/mol. The Hall–Kier alpha value is -3.40. The van der Waals surface area contributed by atoms with Crippen LogP contribution >= 0.6 is 0 Å². The molecule has 2 heterocycles. The van der Waals surface area contributed by atoms with Crippen molar-refractivity contribution in [2.45, 2.75) is 69.0 Å². The first kappa shape index (κ1) is 31.8. The molecule has 2 fully saturated rings. The molecule has 1 unspecified atom stereocenters. The van der Waals surface area contributed by atoms with Crippen LogP contribution in [-0.2, 0) is 9.59 Å². The Morgan fingerprint density at radius 3 is 1.92 bits per heavy atom. The van der Waals surface area contributed by atoms with E-state index in [1.165, 1.54) is 37.8 Å². The molecule has 1 saturated heterocycles. The van der Waals surface area contributed by atoms with Gasteiger partial charge in [0.2, 0.25) is 0 Å². The van der Waals surface area contributed by atoms with E-state index < -0.39 is 24.3 Å². The predicted molar refractivity (Wildman–Crippen MR) is 127 cm³/mol. The van der Waals surface area contributed by atoms with Gasteiger partial charge in [-0.25, -0.2) is 19.3 Å². The van der Waals surface area contributed by atoms with Crippen LogP contribution in [0.5, 0.6) is 0 Å². The van der Waals surface area contributed by atoms with Gasteiger partial charge in [-0.05, 0) is 49.9 Å². The molecule has 1 aromatic carbocycles. The Labute approximate surface area is 219 Å². The molecule has 1 saturated carbocycles. The number of nitrogens with zero attached hydrogens (tertiary/aromatic N) is 4. The number of benzene rings is 1. The van der Waals surface area contributed by atoms with Crippen LogP contribution < -0.4 is 16.0 Å². The number of alkyl halides is 6. The Bertz CT molecular complexity index is 1010. The summed E-state index contributed by atoms with van der Waals surface area (Å²) < 4.78 is 65.3. The molecule has 3 atom stereocenters. The van der Waals surface area contributed by atoms with Crippen LogP contribution in [0.3, 0.4) is 0 Å². The van der Waals surface area contributed by atoms with Crippen LogP contribution in [0.1, 0.15) is 38.5 Å². The average molecular weight is 569 g/mol. The zero-order valence-electron chi connectivity index (χ0n) is 20.7. The smallest absolute Gasteiger partial charge is 0.475 e. The van der Waals surface area contributed by atoms with Gasteiger partial charge in [-0.3, -0.25) is 0 Å². The highest BCUT2D eigenvalue weighted by Gasteiger charge is 2.38. The molecule has 5 N–H and O–H groups in total. The molecule has 218 valence electrons. The number of carboxylic acid groups (broad SMARTS) is 2. The molecule has 10 nitrogen and oxygen atoms in total. The summed E-state index contributed by atoms with van der Waals surface area (Å²) in [6, 6.07) is 9.95. The molecule has 0 spiro atoms. The van der Waals surface area contributed by atoms with E-state index in [1.54, 1.807) is 17.3 Å². The van der Waals surface area contributed by atoms with Crippen LogP contribution in [0.4, 0.5) is 32.0 Å². The third kappa shape index (κ3) is 10.7. The van der Waals surface area contributed by atoms with Gasteiger partial charge < -0.3 is 26.2 Å². The normalized spacial score (nSPS) is 21.6. The van der Waals surface area contributed by atoms with Gasteiger partial charge in [0.25, 0.3) is 0 Å². The number of rotatable bonds is 4. The lowest BCUT2D eigenvalue weighted by molar-refractivity contribution is -0.193. The molecule has 39 heavy (non-hydrogen) atoms. The number of hydrogen-bond acceptors (Lipinski definition) is 7. The summed E-state index contributed by atoms with van der Waals surface area (Å²) in [5, 5.41) is 22.3. The minimum atomic E-state index is -5.08. The highest BCUT2D eigenvalue weighted by atomic mass is 19.4. The van der Waals surface area contributed by atoms with Gasteiger partial charge in [-0.15, -0.1) is 0 Å². The van der Waals surface area contributed by atoms with Gasteiger partial charge in [0, 0.05) is 36.9 Å². The van der Waals surface area contributed by atoms with Gasteiger partial charge in [0.05, 0.1) is 5.69 Å². The summed E-state index contributed by atoms with van der Waals surface area (Å²) in [4.78, 5) is 24.3. The first-order valence-corrected chi connectivity index (χ1v) is 12.0. The first-order valence-electron chi connectivity index (χ1n) is 12.0. The monoisotopic (exact) mass is 568 g/mol. The highest BCUT2D eigenvalue weighted by molar-refractivity contribution is 5.73. The van der Waals surface area contributed by atoms with Crippen LogP contribution in [-0.4, -0.2) is 80.5 Å². The second-order valence-corrected chi connectivity index (χ2v) is 8.97. The first-order chi connectivity index (χ1) is 18.2. The number of carbonyl (C=O) groups is 2. The summed E-state index contributed by atoms with van der Waals surface area (Å²) in [6.45, 7) is 2.18. The van der Waals surface area contributed by atoms with E-state index in [2.05, 4.69) is 44.6 Å². The molecular formula is C23H30F6N6O4. The van der Waals surface area contributed by atoms with Crippen molar-refractivity contribution >= 4 is 17.6 Å². The molecule has 1 aliphatic heterocycles. The summed E-state index contributed by atoms with van der Waals surface area (Å²) in [6.07, 6.45) is 0.581. The standard InChI is InChI=1S/C19H28N6.2C2HF3O2/c20-18-5-1-2-6-19(18)23-15-4-3-11-24(12-15)16-7-9-17(10-8-16)25-14-21-13-22-25;2*3-2(4,5)1(6)7/h7-10,13-15,18-19,23H,1-6,11-12,20H2;2*(H,6,7)/t15?,18-,19-;;/m1../s1. The quantitative estimate of drug-likeness (QED) is 0.408. The minimum absolute atomic E-state index is 0.325. The van der Waals surface area contributed by atoms with E-state index in [-0.39, 0.29) is 0 Å². The highest BCUT2D eigenvalue weighted by Crippen LogP contribution is 2.24. The largest absolute Gasteiger partial charge is 0.490 e. The van der Waals surface area contributed by atoms with E-state index in [0.29, 0.717) is 18.1 Å². The maximum Gasteiger partial charge on any atom is 0.490 e. The van der Waals surface area contributed by atoms with E-state index in [4.69, 9.17) is 25.5 Å². The number of aliphatic carboxylic acids is 2. The van der Waals surface area contributed by atoms with Gasteiger partial charge >= 0.3 is 24.3 Å². The molecule has 2 aromatic rings. The lowest BCUT2D eigenvalue weighted by Gasteiger charge is -2.39.